The first-order valence-electron chi connectivity index (χ1n) is 11.1. The van der Waals surface area contributed by atoms with Crippen molar-refractivity contribution >= 4 is 7.44 Å². The second-order valence-corrected chi connectivity index (χ2v) is 9.73. The zero-order valence-electron chi connectivity index (χ0n) is 19.9. The largest absolute Gasteiger partial charge is 0.358 e. The van der Waals surface area contributed by atoms with Gasteiger partial charge in [-0.1, -0.05) is 41.5 Å². The third kappa shape index (κ3) is 5.74. The molecule has 0 radical (unpaired) electrons. The van der Waals surface area contributed by atoms with Crippen LogP contribution in [0.2, 0.25) is 0 Å². The maximum Gasteiger partial charge on any atom is 0.245 e. The van der Waals surface area contributed by atoms with Crippen molar-refractivity contribution in [1.29, 1.82) is 0 Å². The third-order valence-corrected chi connectivity index (χ3v) is 9.45. The van der Waals surface area contributed by atoms with E-state index in [1.165, 1.54) is 5.82 Å². The molecule has 0 fully saturated rings. The quantitative estimate of drug-likeness (QED) is 0.364. The van der Waals surface area contributed by atoms with Crippen molar-refractivity contribution in [2.24, 2.45) is 5.92 Å². The molecule has 6 heteroatoms. The highest BCUT2D eigenvalue weighted by atomic mass is 31.2. The molecule has 0 unspecified atom stereocenters. The number of nitrogens with zero attached hydrogens (tertiary/aromatic N) is 4. The zero-order valence-corrected chi connectivity index (χ0v) is 20.8. The van der Waals surface area contributed by atoms with E-state index in [0.29, 0.717) is 0 Å². The van der Waals surface area contributed by atoms with Crippen LogP contribution in [0.1, 0.15) is 69.2 Å². The molecule has 0 aliphatic heterocycles. The third-order valence-electron chi connectivity index (χ3n) is 5.44. The van der Waals surface area contributed by atoms with Crippen molar-refractivity contribution in [1.82, 2.24) is 19.1 Å². The molecule has 0 aromatic heterocycles. The van der Waals surface area contributed by atoms with Gasteiger partial charge in [-0.3, -0.25) is 4.57 Å². The molecule has 5 nitrogen and oxygen atoms in total. The minimum absolute atomic E-state index is 0.216. The smallest absolute Gasteiger partial charge is 0.245 e. The van der Waals surface area contributed by atoms with E-state index in [1.54, 1.807) is 0 Å². The van der Waals surface area contributed by atoms with Gasteiger partial charge < -0.3 is 9.80 Å². The van der Waals surface area contributed by atoms with E-state index in [1.807, 2.05) is 0 Å². The van der Waals surface area contributed by atoms with E-state index in [-0.39, 0.29) is 5.92 Å². The lowest BCUT2D eigenvalue weighted by atomic mass is 10.2. The summed E-state index contributed by atoms with van der Waals surface area (Å²) in [4.78, 5) is 4.81. The summed E-state index contributed by atoms with van der Waals surface area (Å²) >= 11 is 0. The first kappa shape index (κ1) is 26.5. The average molecular weight is 403 g/mol. The summed E-state index contributed by atoms with van der Waals surface area (Å²) in [6.45, 7) is 28.6. The maximum atomic E-state index is 14.9. The Kier molecular flexibility index (Phi) is 12.6. The van der Waals surface area contributed by atoms with Gasteiger partial charge in [0.1, 0.15) is 5.82 Å². The molecule has 0 spiro atoms. The van der Waals surface area contributed by atoms with Gasteiger partial charge in [0.2, 0.25) is 7.44 Å². The normalized spacial score (nSPS) is 12.2. The van der Waals surface area contributed by atoms with Gasteiger partial charge >= 0.3 is 0 Å². The van der Waals surface area contributed by atoms with Crippen molar-refractivity contribution in [3.8, 4) is 0 Å². The summed E-state index contributed by atoms with van der Waals surface area (Å²) in [5, 5.41) is 1.13. The van der Waals surface area contributed by atoms with Crippen molar-refractivity contribution in [2.75, 3.05) is 52.4 Å². The molecule has 27 heavy (non-hydrogen) atoms. The van der Waals surface area contributed by atoms with Crippen LogP contribution in [0, 0.1) is 5.92 Å². The molecule has 0 aromatic rings. The fourth-order valence-corrected chi connectivity index (χ4v) is 7.71. The van der Waals surface area contributed by atoms with Gasteiger partial charge in [-0.2, -0.15) is 0 Å². The Balaban J connectivity index is 7.14. The molecule has 0 saturated heterocycles. The Morgan fingerprint density at radius 3 is 1.11 bits per heavy atom. The molecular formula is C21H47N4OP. The lowest BCUT2D eigenvalue weighted by Crippen LogP contribution is -2.40. The Bertz CT molecular complexity index is 447. The second kappa shape index (κ2) is 12.9. The van der Waals surface area contributed by atoms with Crippen LogP contribution in [0.5, 0.6) is 0 Å². The maximum absolute atomic E-state index is 14.9. The Morgan fingerprint density at radius 1 is 0.630 bits per heavy atom. The van der Waals surface area contributed by atoms with Crippen LogP contribution in [0.3, 0.4) is 0 Å². The van der Waals surface area contributed by atoms with Gasteiger partial charge in [-0.15, -0.1) is 0 Å². The molecule has 0 aliphatic rings. The SMILES string of the molecule is CCN(CC)C(=C(C(C)C)P(=O)(N(CC)CC)N(CC)CC)N(CC)CC. The molecule has 0 bridgehead atoms. The Labute approximate surface area is 170 Å². The van der Waals surface area contributed by atoms with Crippen LogP contribution in [-0.2, 0) is 4.57 Å². The van der Waals surface area contributed by atoms with Crippen LogP contribution in [-0.4, -0.2) is 71.5 Å². The number of hydrogen-bond donors (Lipinski definition) is 0. The molecule has 0 aromatic carbocycles. The average Bonchev–Trinajstić information content (AvgIpc) is 2.65. The minimum Gasteiger partial charge on any atom is -0.358 e. The Morgan fingerprint density at radius 2 is 0.926 bits per heavy atom. The molecule has 162 valence electrons. The van der Waals surface area contributed by atoms with Crippen molar-refractivity contribution < 1.29 is 4.57 Å². The van der Waals surface area contributed by atoms with Gasteiger partial charge in [0.15, 0.2) is 0 Å². The lowest BCUT2D eigenvalue weighted by molar-refractivity contribution is 0.227. The van der Waals surface area contributed by atoms with E-state index in [0.717, 1.165) is 57.7 Å². The number of hydrogen-bond acceptors (Lipinski definition) is 3. The van der Waals surface area contributed by atoms with Crippen LogP contribution >= 0.6 is 7.44 Å². The zero-order chi connectivity index (χ0) is 21.2. The van der Waals surface area contributed by atoms with E-state index in [4.69, 9.17) is 0 Å². The van der Waals surface area contributed by atoms with E-state index in [2.05, 4.69) is 88.4 Å². The first-order chi connectivity index (χ1) is 12.8. The van der Waals surface area contributed by atoms with Gasteiger partial charge in [0.05, 0.1) is 5.31 Å². The first-order valence-corrected chi connectivity index (χ1v) is 12.7. The predicted octanol–water partition coefficient (Wildman–Crippen LogP) is 5.37. The molecule has 0 rings (SSSR count). The standard InChI is InChI=1S/C21H47N4OP/c1-11-22(12-2)21(23(13-3)14-4)20(19(9)10)27(26,24(15-5)16-6)25(17-7)18-8/h19H,11-18H2,1-10H3. The minimum atomic E-state index is -2.86. The fraction of sp³-hybridized carbons (Fsp3) is 0.905. The molecular weight excluding hydrogens is 355 g/mol. The van der Waals surface area contributed by atoms with Crippen LogP contribution < -0.4 is 0 Å². The summed E-state index contributed by atoms with van der Waals surface area (Å²) in [6, 6.07) is 0. The summed E-state index contributed by atoms with van der Waals surface area (Å²) in [6.07, 6.45) is 0. The summed E-state index contributed by atoms with van der Waals surface area (Å²) < 4.78 is 19.4. The fourth-order valence-electron chi connectivity index (χ4n) is 3.99. The van der Waals surface area contributed by atoms with E-state index in [9.17, 15) is 4.57 Å². The Hall–Kier alpha value is -0.510. The molecule has 0 amide bonds. The second-order valence-electron chi connectivity index (χ2n) is 7.03. The van der Waals surface area contributed by atoms with Crippen molar-refractivity contribution in [3.05, 3.63) is 11.1 Å². The highest BCUT2D eigenvalue weighted by Gasteiger charge is 2.42. The lowest BCUT2D eigenvalue weighted by Gasteiger charge is -2.44. The summed E-state index contributed by atoms with van der Waals surface area (Å²) in [7, 11) is -2.86. The molecule has 0 aliphatic carbocycles. The van der Waals surface area contributed by atoms with Gasteiger partial charge in [0, 0.05) is 52.4 Å². The number of allylic oxidation sites excluding steroid dienone is 1. The molecule has 0 heterocycles. The molecule has 0 N–H and O–H groups in total. The van der Waals surface area contributed by atoms with Crippen LogP contribution in [0.15, 0.2) is 11.1 Å². The highest BCUT2D eigenvalue weighted by molar-refractivity contribution is 7.63. The highest BCUT2D eigenvalue weighted by Crippen LogP contribution is 2.63. The van der Waals surface area contributed by atoms with Gasteiger partial charge in [0.25, 0.3) is 0 Å². The van der Waals surface area contributed by atoms with Crippen LogP contribution in [0.4, 0.5) is 0 Å². The van der Waals surface area contributed by atoms with Crippen LogP contribution in [0.25, 0.3) is 0 Å². The number of rotatable bonds is 14. The summed E-state index contributed by atoms with van der Waals surface area (Å²) in [5.41, 5.74) is 0. The van der Waals surface area contributed by atoms with Crippen molar-refractivity contribution in [2.45, 2.75) is 69.2 Å². The predicted molar refractivity (Wildman–Crippen MR) is 121 cm³/mol. The molecule has 0 saturated carbocycles. The topological polar surface area (TPSA) is 30.0 Å². The summed E-state index contributed by atoms with van der Waals surface area (Å²) in [5.74, 6) is 1.41. The van der Waals surface area contributed by atoms with Gasteiger partial charge in [-0.25, -0.2) is 9.34 Å². The molecule has 0 atom stereocenters. The van der Waals surface area contributed by atoms with E-state index < -0.39 is 7.44 Å². The van der Waals surface area contributed by atoms with Gasteiger partial charge in [-0.05, 0) is 33.6 Å². The van der Waals surface area contributed by atoms with Crippen molar-refractivity contribution in [3.63, 3.8) is 0 Å². The van der Waals surface area contributed by atoms with E-state index >= 15 is 0 Å². The monoisotopic (exact) mass is 402 g/mol.